The second-order valence-corrected chi connectivity index (χ2v) is 6.88. The summed E-state index contributed by atoms with van der Waals surface area (Å²) in [4.78, 5) is 10.1. The minimum atomic E-state index is 0.589. The maximum absolute atomic E-state index is 5.91. The number of nitrogens with one attached hydrogen (secondary N) is 2. The average Bonchev–Trinajstić information content (AvgIpc) is 2.96. The first-order chi connectivity index (χ1) is 11.6. The third-order valence-corrected chi connectivity index (χ3v) is 4.33. The zero-order valence-corrected chi connectivity index (χ0v) is 15.7. The van der Waals surface area contributed by atoms with Crippen molar-refractivity contribution in [1.29, 1.82) is 0 Å². The smallest absolute Gasteiger partial charge is 0.191 e. The molecule has 2 rings (SSSR count). The lowest BCUT2D eigenvalue weighted by Gasteiger charge is -2.14. The Morgan fingerprint density at radius 2 is 1.96 bits per heavy atom. The van der Waals surface area contributed by atoms with Gasteiger partial charge >= 0.3 is 0 Å². The fourth-order valence-electron chi connectivity index (χ4n) is 2.31. The van der Waals surface area contributed by atoms with Crippen LogP contribution in [0, 0.1) is 20.8 Å². The van der Waals surface area contributed by atoms with Crippen molar-refractivity contribution in [2.75, 3.05) is 19.7 Å². The molecule has 130 valence electrons. The van der Waals surface area contributed by atoms with Crippen LogP contribution in [-0.4, -0.2) is 30.6 Å². The molecule has 6 heteroatoms. The molecule has 0 saturated heterocycles. The van der Waals surface area contributed by atoms with Gasteiger partial charge in [0.15, 0.2) is 5.96 Å². The topological polar surface area (TPSA) is 58.5 Å². The van der Waals surface area contributed by atoms with E-state index < -0.39 is 0 Å². The number of nitrogens with zero attached hydrogens (tertiary/aromatic N) is 2. The van der Waals surface area contributed by atoms with Gasteiger partial charge in [-0.2, -0.15) is 0 Å². The van der Waals surface area contributed by atoms with E-state index in [1.165, 1.54) is 4.88 Å². The maximum atomic E-state index is 5.91. The highest BCUT2D eigenvalue weighted by Gasteiger charge is 2.04. The number of ether oxygens (including phenoxy) is 1. The predicted octanol–water partition coefficient (Wildman–Crippen LogP) is 3.20. The summed E-state index contributed by atoms with van der Waals surface area (Å²) in [6.45, 7) is 10.9. The Bertz CT molecular complexity index is 661. The van der Waals surface area contributed by atoms with E-state index in [0.29, 0.717) is 19.7 Å². The van der Waals surface area contributed by atoms with Gasteiger partial charge in [-0.25, -0.2) is 9.98 Å². The molecular weight excluding hydrogens is 320 g/mol. The Morgan fingerprint density at radius 1 is 1.21 bits per heavy atom. The molecule has 1 aromatic carbocycles. The lowest BCUT2D eigenvalue weighted by Crippen LogP contribution is -2.39. The molecule has 0 fully saturated rings. The largest absolute Gasteiger partial charge is 0.491 e. The summed E-state index contributed by atoms with van der Waals surface area (Å²) in [5, 5.41) is 7.56. The van der Waals surface area contributed by atoms with Gasteiger partial charge in [-0.3, -0.25) is 0 Å². The van der Waals surface area contributed by atoms with Crippen LogP contribution in [0.15, 0.2) is 29.4 Å². The maximum Gasteiger partial charge on any atom is 0.191 e. The highest BCUT2D eigenvalue weighted by molar-refractivity contribution is 7.11. The summed E-state index contributed by atoms with van der Waals surface area (Å²) in [5.41, 5.74) is 2.32. The molecule has 0 aliphatic heterocycles. The van der Waals surface area contributed by atoms with Crippen molar-refractivity contribution in [1.82, 2.24) is 15.6 Å². The highest BCUT2D eigenvalue weighted by atomic mass is 32.1. The Hall–Kier alpha value is -2.08. The molecule has 5 nitrogen and oxygen atoms in total. The summed E-state index contributed by atoms with van der Waals surface area (Å²) < 4.78 is 5.91. The summed E-state index contributed by atoms with van der Waals surface area (Å²) in [6, 6.07) is 6.18. The van der Waals surface area contributed by atoms with Crippen LogP contribution in [0.25, 0.3) is 0 Å². The van der Waals surface area contributed by atoms with Crippen LogP contribution >= 0.6 is 11.3 Å². The number of aliphatic imine (C=N–C) groups is 1. The molecule has 0 spiro atoms. The fraction of sp³-hybridized carbons (Fsp3) is 0.444. The lowest BCUT2D eigenvalue weighted by molar-refractivity contribution is 0.317. The molecule has 0 atom stereocenters. The summed E-state index contributed by atoms with van der Waals surface area (Å²) >= 11 is 1.68. The number of para-hydroxylation sites is 1. The van der Waals surface area contributed by atoms with E-state index in [4.69, 9.17) is 4.74 Å². The molecule has 0 aliphatic carbocycles. The van der Waals surface area contributed by atoms with Crippen molar-refractivity contribution < 1.29 is 4.74 Å². The quantitative estimate of drug-likeness (QED) is 0.459. The first-order valence-corrected chi connectivity index (χ1v) is 9.04. The van der Waals surface area contributed by atoms with Crippen LogP contribution in [0.1, 0.15) is 27.9 Å². The van der Waals surface area contributed by atoms with Gasteiger partial charge in [-0.1, -0.05) is 18.2 Å². The van der Waals surface area contributed by atoms with Gasteiger partial charge in [-0.15, -0.1) is 11.3 Å². The number of guanidine groups is 1. The van der Waals surface area contributed by atoms with Crippen LogP contribution < -0.4 is 15.4 Å². The molecule has 2 N–H and O–H groups in total. The van der Waals surface area contributed by atoms with Crippen LogP contribution in [-0.2, 0) is 6.54 Å². The van der Waals surface area contributed by atoms with E-state index >= 15 is 0 Å². The van der Waals surface area contributed by atoms with Crippen LogP contribution in [0.5, 0.6) is 5.75 Å². The number of aromatic nitrogens is 1. The van der Waals surface area contributed by atoms with Crippen LogP contribution in [0.2, 0.25) is 0 Å². The number of benzene rings is 1. The zero-order chi connectivity index (χ0) is 17.4. The monoisotopic (exact) mass is 346 g/mol. The van der Waals surface area contributed by atoms with Crippen molar-refractivity contribution in [2.24, 2.45) is 4.99 Å². The van der Waals surface area contributed by atoms with Gasteiger partial charge in [0, 0.05) is 17.6 Å². The van der Waals surface area contributed by atoms with Crippen molar-refractivity contribution in [3.8, 4) is 5.75 Å². The number of hydrogen-bond donors (Lipinski definition) is 2. The zero-order valence-electron chi connectivity index (χ0n) is 14.8. The highest BCUT2D eigenvalue weighted by Crippen LogP contribution is 2.21. The second kappa shape index (κ2) is 9.27. The first-order valence-electron chi connectivity index (χ1n) is 8.22. The van der Waals surface area contributed by atoms with Crippen molar-refractivity contribution in [3.63, 3.8) is 0 Å². The van der Waals surface area contributed by atoms with E-state index in [-0.39, 0.29) is 0 Å². The molecule has 24 heavy (non-hydrogen) atoms. The Kier molecular flexibility index (Phi) is 7.06. The van der Waals surface area contributed by atoms with E-state index in [9.17, 15) is 0 Å². The number of aryl methyl sites for hydroxylation is 3. The number of rotatable bonds is 7. The van der Waals surface area contributed by atoms with E-state index in [1.807, 2.05) is 12.3 Å². The molecule has 1 aromatic heterocycles. The molecule has 1 heterocycles. The molecule has 0 saturated carbocycles. The van der Waals surface area contributed by atoms with Crippen molar-refractivity contribution in [2.45, 2.75) is 34.2 Å². The van der Waals surface area contributed by atoms with E-state index in [2.05, 4.69) is 60.4 Å². The minimum absolute atomic E-state index is 0.589. The molecule has 0 unspecified atom stereocenters. The fourth-order valence-corrected chi connectivity index (χ4v) is 3.02. The number of hydrogen-bond acceptors (Lipinski definition) is 4. The third-order valence-electron chi connectivity index (χ3n) is 3.44. The molecule has 2 aromatic rings. The molecular formula is C18H26N4OS. The second-order valence-electron chi connectivity index (χ2n) is 5.56. The van der Waals surface area contributed by atoms with Gasteiger partial charge in [0.1, 0.15) is 17.4 Å². The summed E-state index contributed by atoms with van der Waals surface area (Å²) in [6.07, 6.45) is 1.88. The minimum Gasteiger partial charge on any atom is -0.491 e. The Morgan fingerprint density at radius 3 is 2.58 bits per heavy atom. The molecule has 0 bridgehead atoms. The van der Waals surface area contributed by atoms with Gasteiger partial charge in [0.2, 0.25) is 0 Å². The molecule has 0 amide bonds. The van der Waals surface area contributed by atoms with Crippen LogP contribution in [0.4, 0.5) is 0 Å². The van der Waals surface area contributed by atoms with E-state index in [1.54, 1.807) is 11.3 Å². The third kappa shape index (κ3) is 5.53. The lowest BCUT2D eigenvalue weighted by atomic mass is 10.1. The standard InChI is InChI=1S/C18H26N4OS/c1-5-19-18(22-12-16-21-11-15(4)24-16)20-9-10-23-17-13(2)7-6-8-14(17)3/h6-8,11H,5,9-10,12H2,1-4H3,(H2,19,20,22). The predicted molar refractivity (Wildman–Crippen MR) is 101 cm³/mol. The van der Waals surface area contributed by atoms with Crippen molar-refractivity contribution >= 4 is 17.3 Å². The van der Waals surface area contributed by atoms with Gasteiger partial charge in [-0.05, 0) is 38.8 Å². The average molecular weight is 347 g/mol. The van der Waals surface area contributed by atoms with Crippen molar-refractivity contribution in [3.05, 3.63) is 45.4 Å². The van der Waals surface area contributed by atoms with Gasteiger partial charge in [0.25, 0.3) is 0 Å². The van der Waals surface area contributed by atoms with Gasteiger partial charge < -0.3 is 15.4 Å². The van der Waals surface area contributed by atoms with Gasteiger partial charge in [0.05, 0.1) is 13.1 Å². The Labute approximate surface area is 148 Å². The molecule has 0 aliphatic rings. The van der Waals surface area contributed by atoms with E-state index in [0.717, 1.165) is 34.4 Å². The first kappa shape index (κ1) is 18.3. The Balaban J connectivity index is 1.83. The SMILES string of the molecule is CCNC(=NCc1ncc(C)s1)NCCOc1c(C)cccc1C. The normalized spacial score (nSPS) is 11.4. The molecule has 0 radical (unpaired) electrons. The van der Waals surface area contributed by atoms with Crippen LogP contribution in [0.3, 0.4) is 0 Å². The summed E-state index contributed by atoms with van der Waals surface area (Å²) in [7, 11) is 0. The summed E-state index contributed by atoms with van der Waals surface area (Å²) in [5.74, 6) is 1.76. The number of thiazole rings is 1.